The molecule has 2 heterocycles. The van der Waals surface area contributed by atoms with E-state index in [0.29, 0.717) is 18.7 Å². The van der Waals surface area contributed by atoms with Crippen LogP contribution in [0.15, 0.2) is 66.9 Å². The Morgan fingerprint density at radius 3 is 2.13 bits per heavy atom. The van der Waals surface area contributed by atoms with Gasteiger partial charge < -0.3 is 20.1 Å². The molecule has 30 heavy (non-hydrogen) atoms. The van der Waals surface area contributed by atoms with E-state index >= 15 is 0 Å². The van der Waals surface area contributed by atoms with Crippen LogP contribution in [0.1, 0.15) is 29.7 Å². The first kappa shape index (κ1) is 23.0. The molecule has 1 fully saturated rings. The molecule has 0 amide bonds. The maximum atomic E-state index is 12.6. The molecule has 1 saturated heterocycles. The van der Waals surface area contributed by atoms with E-state index in [9.17, 15) is 14.8 Å². The minimum absolute atomic E-state index is 0.0950. The van der Waals surface area contributed by atoms with Gasteiger partial charge in [-0.15, -0.1) is 0 Å². The third-order valence-corrected chi connectivity index (χ3v) is 4.68. The molecule has 0 radical (unpaired) electrons. The van der Waals surface area contributed by atoms with Crippen molar-refractivity contribution in [1.82, 2.24) is 4.98 Å². The molecular weight excluding hydrogens is 384 g/mol. The molecule has 158 valence electrons. The normalized spacial score (nSPS) is 15.5. The molecule has 0 unspecified atom stereocenters. The third kappa shape index (κ3) is 7.62. The van der Waals surface area contributed by atoms with Gasteiger partial charge in [0, 0.05) is 36.8 Å². The molecule has 1 aromatic heterocycles. The van der Waals surface area contributed by atoms with Crippen molar-refractivity contribution in [3.63, 3.8) is 0 Å². The molecule has 0 aliphatic carbocycles. The summed E-state index contributed by atoms with van der Waals surface area (Å²) < 4.78 is -0.0950. The number of aryl methyl sites for hydroxylation is 1. The average molecular weight is 410 g/mol. The zero-order chi connectivity index (χ0) is 22.0. The Morgan fingerprint density at radius 1 is 1.03 bits per heavy atom. The molecule has 2 aromatic rings. The summed E-state index contributed by atoms with van der Waals surface area (Å²) in [5, 5.41) is 28.2. The number of hydrogen-bond donors (Lipinski definition) is 2. The number of aliphatic carboxylic acids is 2. The Bertz CT molecular complexity index is 883. The van der Waals surface area contributed by atoms with E-state index in [0.717, 1.165) is 42.8 Å². The lowest BCUT2D eigenvalue weighted by atomic mass is 10.0. The van der Waals surface area contributed by atoms with E-state index in [1.54, 1.807) is 6.20 Å². The van der Waals surface area contributed by atoms with Crippen LogP contribution < -0.4 is 0 Å². The molecule has 0 spiro atoms. The molecule has 0 bridgehead atoms. The zero-order valence-corrected chi connectivity index (χ0v) is 16.9. The Kier molecular flexibility index (Phi) is 8.46. The highest BCUT2D eigenvalue weighted by atomic mass is 16.5. The van der Waals surface area contributed by atoms with E-state index in [1.165, 1.54) is 5.56 Å². The Labute approximate surface area is 175 Å². The number of pyridine rings is 1. The summed E-state index contributed by atoms with van der Waals surface area (Å²) in [4.78, 5) is 23.6. The smallest absolute Gasteiger partial charge is 0.328 e. The number of hydroxylamine groups is 3. The minimum atomic E-state index is -1.26. The second kappa shape index (κ2) is 11.0. The number of nitrogens with zero attached hydrogens (tertiary/aromatic N) is 2. The second-order valence-electron chi connectivity index (χ2n) is 7.10. The van der Waals surface area contributed by atoms with Crippen molar-refractivity contribution in [2.75, 3.05) is 19.6 Å². The monoisotopic (exact) mass is 410 g/mol. The number of carboxylic acid groups (broad SMARTS) is 2. The zero-order valence-electron chi connectivity index (χ0n) is 16.9. The van der Waals surface area contributed by atoms with Crippen LogP contribution >= 0.6 is 0 Å². The Hall–Kier alpha value is -3.29. The maximum absolute atomic E-state index is 12.6. The predicted molar refractivity (Wildman–Crippen MR) is 114 cm³/mol. The number of quaternary nitrogens is 1. The van der Waals surface area contributed by atoms with Gasteiger partial charge in [0.25, 0.3) is 0 Å². The van der Waals surface area contributed by atoms with Gasteiger partial charge in [0.1, 0.15) is 0 Å². The van der Waals surface area contributed by atoms with Crippen LogP contribution in [-0.2, 0) is 9.59 Å². The van der Waals surface area contributed by atoms with Crippen molar-refractivity contribution in [3.05, 3.63) is 88.9 Å². The van der Waals surface area contributed by atoms with Crippen LogP contribution in [0.5, 0.6) is 0 Å². The molecule has 1 aliphatic rings. The van der Waals surface area contributed by atoms with Gasteiger partial charge in [0.2, 0.25) is 0 Å². The predicted octanol–water partition coefficient (Wildman–Crippen LogP) is 3.64. The molecule has 1 aliphatic heterocycles. The summed E-state index contributed by atoms with van der Waals surface area (Å²) in [5.74, 6) is -2.51. The van der Waals surface area contributed by atoms with Crippen molar-refractivity contribution in [1.29, 1.82) is 0 Å². The minimum Gasteiger partial charge on any atom is -0.633 e. The van der Waals surface area contributed by atoms with Gasteiger partial charge in [-0.3, -0.25) is 4.98 Å². The van der Waals surface area contributed by atoms with E-state index in [-0.39, 0.29) is 4.65 Å². The largest absolute Gasteiger partial charge is 0.633 e. The fourth-order valence-corrected chi connectivity index (χ4v) is 3.12. The number of rotatable bonds is 6. The van der Waals surface area contributed by atoms with Crippen LogP contribution in [0.4, 0.5) is 0 Å². The topological polar surface area (TPSA) is 111 Å². The van der Waals surface area contributed by atoms with Crippen LogP contribution in [-0.4, -0.2) is 51.4 Å². The van der Waals surface area contributed by atoms with Crippen LogP contribution in [0.25, 0.3) is 5.57 Å². The van der Waals surface area contributed by atoms with E-state index < -0.39 is 11.9 Å². The number of hydrogen-bond acceptors (Lipinski definition) is 4. The number of aromatic nitrogens is 1. The lowest BCUT2D eigenvalue weighted by molar-refractivity contribution is -0.862. The van der Waals surface area contributed by atoms with Crippen LogP contribution in [0, 0.1) is 12.1 Å². The fraction of sp³-hybridized carbons (Fsp3) is 0.261. The summed E-state index contributed by atoms with van der Waals surface area (Å²) >= 11 is 0. The van der Waals surface area contributed by atoms with Crippen molar-refractivity contribution in [2.24, 2.45) is 0 Å². The second-order valence-corrected chi connectivity index (χ2v) is 7.10. The van der Waals surface area contributed by atoms with E-state index in [1.807, 2.05) is 18.2 Å². The molecule has 7 nitrogen and oxygen atoms in total. The molecule has 0 atom stereocenters. The van der Waals surface area contributed by atoms with E-state index in [4.69, 9.17) is 10.2 Å². The number of benzene rings is 1. The van der Waals surface area contributed by atoms with Gasteiger partial charge in [0.05, 0.1) is 25.3 Å². The van der Waals surface area contributed by atoms with Crippen molar-refractivity contribution in [2.45, 2.75) is 19.8 Å². The third-order valence-electron chi connectivity index (χ3n) is 4.68. The number of likely N-dealkylation sites (tertiary alicyclic amines) is 1. The molecule has 1 aromatic carbocycles. The Morgan fingerprint density at radius 2 is 1.63 bits per heavy atom. The summed E-state index contributed by atoms with van der Waals surface area (Å²) in [6, 6.07) is 14.3. The molecule has 0 saturated carbocycles. The van der Waals surface area contributed by atoms with Crippen LogP contribution in [0.3, 0.4) is 0 Å². The summed E-state index contributed by atoms with van der Waals surface area (Å²) in [5.41, 5.74) is 4.34. The van der Waals surface area contributed by atoms with Gasteiger partial charge in [-0.2, -0.15) is 0 Å². The van der Waals surface area contributed by atoms with Gasteiger partial charge >= 0.3 is 11.9 Å². The highest BCUT2D eigenvalue weighted by Crippen LogP contribution is 2.24. The number of carboxylic acids is 2. The summed E-state index contributed by atoms with van der Waals surface area (Å²) in [7, 11) is 0. The first-order valence-corrected chi connectivity index (χ1v) is 9.69. The lowest BCUT2D eigenvalue weighted by Gasteiger charge is -2.37. The highest BCUT2D eigenvalue weighted by molar-refractivity contribution is 5.89. The summed E-state index contributed by atoms with van der Waals surface area (Å²) in [6.07, 6.45) is 7.08. The molecular formula is C23H26N2O5. The summed E-state index contributed by atoms with van der Waals surface area (Å²) in [6.45, 7) is 4.08. The molecule has 2 N–H and O–H groups in total. The lowest BCUT2D eigenvalue weighted by Crippen LogP contribution is -2.38. The molecule has 7 heteroatoms. The highest BCUT2D eigenvalue weighted by Gasteiger charge is 2.21. The fourth-order valence-electron chi connectivity index (χ4n) is 3.12. The first-order chi connectivity index (χ1) is 14.3. The van der Waals surface area contributed by atoms with E-state index in [2.05, 4.69) is 42.2 Å². The SMILES string of the molecule is Cc1ccc(/C(=C\C[N+]2([O-])CCCC2)c2ccccn2)cc1.O=C(O)/C=C\C(=O)O. The standard InChI is InChI=1S/C19H22N2O.C4H4O4/c1-16-7-9-17(10-8-16)18(19-6-2-3-12-20-19)11-15-21(22)13-4-5-14-21;5-3(6)1-2-4(7)8/h2-3,6-12H,4-5,13-15H2,1H3;1-2H,(H,5,6)(H,7,8)/b18-11+;2-1-. The van der Waals surface area contributed by atoms with Crippen molar-refractivity contribution >= 4 is 17.5 Å². The Balaban J connectivity index is 0.000000343. The quantitative estimate of drug-likeness (QED) is 0.427. The van der Waals surface area contributed by atoms with Crippen molar-refractivity contribution in [3.8, 4) is 0 Å². The van der Waals surface area contributed by atoms with Gasteiger partial charge in [0.15, 0.2) is 0 Å². The van der Waals surface area contributed by atoms with Crippen molar-refractivity contribution < 1.29 is 24.4 Å². The van der Waals surface area contributed by atoms with Gasteiger partial charge in [-0.05, 0) is 30.7 Å². The van der Waals surface area contributed by atoms with Gasteiger partial charge in [-0.25, -0.2) is 9.59 Å². The number of carbonyl (C=O) groups is 2. The first-order valence-electron chi connectivity index (χ1n) is 9.69. The van der Waals surface area contributed by atoms with Gasteiger partial charge in [-0.1, -0.05) is 35.9 Å². The van der Waals surface area contributed by atoms with Crippen LogP contribution in [0.2, 0.25) is 0 Å². The average Bonchev–Trinajstić information content (AvgIpc) is 3.16. The maximum Gasteiger partial charge on any atom is 0.328 e. The molecule has 3 rings (SSSR count).